The fraction of sp³-hybridized carbons (Fsp3) is 0.550. The Bertz CT molecular complexity index is 599. The van der Waals surface area contributed by atoms with E-state index in [1.165, 1.54) is 24.0 Å². The Labute approximate surface area is 134 Å². The molecule has 1 fully saturated rings. The zero-order valence-corrected chi connectivity index (χ0v) is 14.0. The van der Waals surface area contributed by atoms with Gasteiger partial charge in [0.15, 0.2) is 5.78 Å². The molecule has 0 amide bonds. The number of carbonyl (C=O) groups excluding carboxylic acids is 1. The second-order valence-electron chi connectivity index (χ2n) is 7.77. The lowest BCUT2D eigenvalue weighted by Crippen LogP contribution is -2.44. The van der Waals surface area contributed by atoms with Gasteiger partial charge in [0.25, 0.3) is 0 Å². The van der Waals surface area contributed by atoms with Gasteiger partial charge in [-0.15, -0.1) is 0 Å². The van der Waals surface area contributed by atoms with Crippen LogP contribution in [0.15, 0.2) is 30.3 Å². The quantitative estimate of drug-likeness (QED) is 0.822. The van der Waals surface area contributed by atoms with Crippen molar-refractivity contribution in [1.29, 1.82) is 0 Å². The Balaban J connectivity index is 1.88. The predicted octanol–water partition coefficient (Wildman–Crippen LogP) is 4.35. The first kappa shape index (κ1) is 15.3. The van der Waals surface area contributed by atoms with E-state index in [4.69, 9.17) is 0 Å². The standard InChI is InChI=1S/C20H27NO/c1-14-7-6-9-15(11-14)19(22)12-18-17-10-5-4-8-16(17)13-20(2,3)21-18/h4-5,8,10,12,14-15,21H,6-7,9,11,13H2,1-3H3/b18-12-. The molecule has 2 nitrogen and oxygen atoms in total. The maximum atomic E-state index is 12.7. The van der Waals surface area contributed by atoms with Crippen molar-refractivity contribution in [2.45, 2.75) is 58.4 Å². The highest BCUT2D eigenvalue weighted by molar-refractivity contribution is 5.98. The molecule has 0 bridgehead atoms. The van der Waals surface area contributed by atoms with E-state index in [0.29, 0.717) is 11.7 Å². The molecule has 1 saturated carbocycles. The number of hydrogen-bond acceptors (Lipinski definition) is 2. The molecule has 1 heterocycles. The molecular weight excluding hydrogens is 270 g/mol. The second-order valence-corrected chi connectivity index (χ2v) is 7.77. The van der Waals surface area contributed by atoms with Crippen LogP contribution in [0.25, 0.3) is 5.70 Å². The van der Waals surface area contributed by atoms with Crippen molar-refractivity contribution in [2.75, 3.05) is 0 Å². The highest BCUT2D eigenvalue weighted by atomic mass is 16.1. The average Bonchev–Trinajstić information content (AvgIpc) is 2.46. The highest BCUT2D eigenvalue weighted by Crippen LogP contribution is 2.32. The van der Waals surface area contributed by atoms with Crippen LogP contribution in [0.1, 0.15) is 57.6 Å². The molecule has 2 heteroatoms. The first-order valence-electron chi connectivity index (χ1n) is 8.56. The third kappa shape index (κ3) is 3.26. The molecule has 1 aliphatic heterocycles. The minimum absolute atomic E-state index is 0.000321. The van der Waals surface area contributed by atoms with Crippen molar-refractivity contribution in [3.63, 3.8) is 0 Å². The van der Waals surface area contributed by atoms with Crippen LogP contribution in [-0.4, -0.2) is 11.3 Å². The van der Waals surface area contributed by atoms with Crippen molar-refractivity contribution in [2.24, 2.45) is 11.8 Å². The summed E-state index contributed by atoms with van der Waals surface area (Å²) < 4.78 is 0. The largest absolute Gasteiger partial charge is 0.379 e. The van der Waals surface area contributed by atoms with Gasteiger partial charge in [-0.05, 0) is 44.6 Å². The minimum atomic E-state index is 0.000321. The normalized spacial score (nSPS) is 28.8. The molecule has 0 spiro atoms. The number of allylic oxidation sites excluding steroid dienone is 1. The van der Waals surface area contributed by atoms with Gasteiger partial charge < -0.3 is 5.32 Å². The monoisotopic (exact) mass is 297 g/mol. The molecule has 2 unspecified atom stereocenters. The number of ketones is 1. The third-order valence-electron chi connectivity index (χ3n) is 5.04. The number of fused-ring (bicyclic) bond motifs is 1. The number of benzene rings is 1. The van der Waals surface area contributed by atoms with Gasteiger partial charge in [-0.3, -0.25) is 4.79 Å². The van der Waals surface area contributed by atoms with Crippen LogP contribution < -0.4 is 5.32 Å². The van der Waals surface area contributed by atoms with Crippen LogP contribution in [0.4, 0.5) is 0 Å². The van der Waals surface area contributed by atoms with Crippen LogP contribution in [-0.2, 0) is 11.2 Å². The second kappa shape index (κ2) is 5.91. The smallest absolute Gasteiger partial charge is 0.160 e. The topological polar surface area (TPSA) is 29.1 Å². The number of hydrogen-bond donors (Lipinski definition) is 1. The van der Waals surface area contributed by atoms with Gasteiger partial charge in [0.05, 0.1) is 0 Å². The zero-order chi connectivity index (χ0) is 15.7. The predicted molar refractivity (Wildman–Crippen MR) is 91.5 cm³/mol. The molecule has 3 rings (SSSR count). The van der Waals surface area contributed by atoms with E-state index < -0.39 is 0 Å². The maximum absolute atomic E-state index is 12.7. The van der Waals surface area contributed by atoms with E-state index in [1.54, 1.807) is 0 Å². The summed E-state index contributed by atoms with van der Waals surface area (Å²) in [6.45, 7) is 6.66. The van der Waals surface area contributed by atoms with Gasteiger partial charge in [0.1, 0.15) is 0 Å². The minimum Gasteiger partial charge on any atom is -0.379 e. The maximum Gasteiger partial charge on any atom is 0.160 e. The molecule has 1 N–H and O–H groups in total. The molecule has 1 aromatic carbocycles. The van der Waals surface area contributed by atoms with Crippen molar-refractivity contribution >= 4 is 11.5 Å². The Morgan fingerprint density at radius 3 is 2.82 bits per heavy atom. The molecule has 1 aromatic rings. The summed E-state index contributed by atoms with van der Waals surface area (Å²) in [6.07, 6.45) is 7.44. The van der Waals surface area contributed by atoms with E-state index in [9.17, 15) is 4.79 Å². The van der Waals surface area contributed by atoms with Gasteiger partial charge >= 0.3 is 0 Å². The lowest BCUT2D eigenvalue weighted by molar-refractivity contribution is -0.119. The van der Waals surface area contributed by atoms with E-state index in [-0.39, 0.29) is 11.5 Å². The van der Waals surface area contributed by atoms with Crippen molar-refractivity contribution in [1.82, 2.24) is 5.32 Å². The van der Waals surface area contributed by atoms with Crippen LogP contribution >= 0.6 is 0 Å². The summed E-state index contributed by atoms with van der Waals surface area (Å²) in [7, 11) is 0. The first-order valence-corrected chi connectivity index (χ1v) is 8.56. The number of carbonyl (C=O) groups is 1. The van der Waals surface area contributed by atoms with E-state index >= 15 is 0 Å². The van der Waals surface area contributed by atoms with E-state index in [2.05, 4.69) is 50.4 Å². The van der Waals surface area contributed by atoms with Crippen LogP contribution in [0, 0.1) is 11.8 Å². The highest BCUT2D eigenvalue weighted by Gasteiger charge is 2.29. The first-order chi connectivity index (χ1) is 10.4. The average molecular weight is 297 g/mol. The molecule has 0 saturated heterocycles. The molecule has 2 atom stereocenters. The fourth-order valence-electron chi connectivity index (χ4n) is 3.96. The SMILES string of the molecule is CC1CCCC(C(=O)/C=C2\NC(C)(C)Cc3ccccc32)C1. The summed E-state index contributed by atoms with van der Waals surface area (Å²) in [5.74, 6) is 1.21. The Morgan fingerprint density at radius 1 is 1.27 bits per heavy atom. The molecule has 22 heavy (non-hydrogen) atoms. The van der Waals surface area contributed by atoms with Crippen LogP contribution in [0.2, 0.25) is 0 Å². The summed E-state index contributed by atoms with van der Waals surface area (Å²) in [4.78, 5) is 12.7. The summed E-state index contributed by atoms with van der Waals surface area (Å²) >= 11 is 0. The van der Waals surface area contributed by atoms with Gasteiger partial charge in [0.2, 0.25) is 0 Å². The van der Waals surface area contributed by atoms with Crippen molar-refractivity contribution in [3.05, 3.63) is 41.5 Å². The summed E-state index contributed by atoms with van der Waals surface area (Å²) in [5, 5.41) is 3.57. The Morgan fingerprint density at radius 2 is 2.05 bits per heavy atom. The molecule has 1 aliphatic carbocycles. The van der Waals surface area contributed by atoms with Crippen LogP contribution in [0.5, 0.6) is 0 Å². The van der Waals surface area contributed by atoms with Gasteiger partial charge in [-0.2, -0.15) is 0 Å². The Kier molecular flexibility index (Phi) is 4.12. The lowest BCUT2D eigenvalue weighted by Gasteiger charge is -2.36. The molecule has 2 aliphatic rings. The van der Waals surface area contributed by atoms with Gasteiger partial charge in [-0.1, -0.05) is 44.0 Å². The Hall–Kier alpha value is -1.57. The number of rotatable bonds is 2. The zero-order valence-electron chi connectivity index (χ0n) is 14.0. The molecule has 0 radical (unpaired) electrons. The van der Waals surface area contributed by atoms with Crippen LogP contribution in [0.3, 0.4) is 0 Å². The third-order valence-corrected chi connectivity index (χ3v) is 5.04. The molecule has 118 valence electrons. The van der Waals surface area contributed by atoms with Crippen molar-refractivity contribution < 1.29 is 4.79 Å². The molecular formula is C20H27NO. The van der Waals surface area contributed by atoms with E-state index in [1.807, 2.05) is 6.08 Å². The van der Waals surface area contributed by atoms with E-state index in [0.717, 1.165) is 25.0 Å². The molecule has 0 aromatic heterocycles. The van der Waals surface area contributed by atoms with Crippen molar-refractivity contribution in [3.8, 4) is 0 Å². The lowest BCUT2D eigenvalue weighted by atomic mass is 9.79. The summed E-state index contributed by atoms with van der Waals surface area (Å²) in [5.41, 5.74) is 3.54. The fourth-order valence-corrected chi connectivity index (χ4v) is 3.96. The number of nitrogens with one attached hydrogen (secondary N) is 1. The van der Waals surface area contributed by atoms with Gasteiger partial charge in [0, 0.05) is 28.8 Å². The summed E-state index contributed by atoms with van der Waals surface area (Å²) in [6, 6.07) is 8.45. The van der Waals surface area contributed by atoms with Gasteiger partial charge in [-0.25, -0.2) is 0 Å².